The van der Waals surface area contributed by atoms with Crippen molar-refractivity contribution in [2.45, 2.75) is 18.3 Å². The number of carbonyl (C=O) groups excluding carboxylic acids is 2. The van der Waals surface area contributed by atoms with E-state index in [4.69, 9.17) is 9.94 Å². The number of esters is 1. The van der Waals surface area contributed by atoms with Gasteiger partial charge in [-0.15, -0.1) is 11.8 Å². The molecule has 104 valence electrons. The second-order valence-corrected chi connectivity index (χ2v) is 5.16. The SMILES string of the molecule is CC(=O)OCC1=C(C(=O)O)N2C(=O)[C@@H](NO)[C@H]2SC1. The molecule has 0 spiro atoms. The van der Waals surface area contributed by atoms with Crippen molar-refractivity contribution >= 4 is 29.6 Å². The Morgan fingerprint density at radius 2 is 2.26 bits per heavy atom. The molecule has 0 saturated carbocycles. The number of nitrogens with one attached hydrogen (secondary N) is 1. The summed E-state index contributed by atoms with van der Waals surface area (Å²) in [6.45, 7) is 1.07. The average Bonchev–Trinajstić information content (AvgIpc) is 2.35. The molecule has 1 amide bonds. The molecule has 2 aliphatic heterocycles. The Morgan fingerprint density at radius 1 is 1.58 bits per heavy atom. The molecule has 0 aromatic rings. The van der Waals surface area contributed by atoms with E-state index >= 15 is 0 Å². The van der Waals surface area contributed by atoms with E-state index in [1.54, 1.807) is 0 Å². The maximum absolute atomic E-state index is 11.7. The first-order chi connectivity index (χ1) is 8.97. The van der Waals surface area contributed by atoms with Crippen molar-refractivity contribution in [3.8, 4) is 0 Å². The first-order valence-corrected chi connectivity index (χ1v) is 6.45. The Morgan fingerprint density at radius 3 is 2.79 bits per heavy atom. The summed E-state index contributed by atoms with van der Waals surface area (Å²) in [5.41, 5.74) is 2.07. The molecule has 0 aromatic heterocycles. The molecule has 19 heavy (non-hydrogen) atoms. The summed E-state index contributed by atoms with van der Waals surface area (Å²) < 4.78 is 4.78. The Bertz CT molecular complexity index is 477. The van der Waals surface area contributed by atoms with Crippen molar-refractivity contribution in [2.24, 2.45) is 0 Å². The highest BCUT2D eigenvalue weighted by molar-refractivity contribution is 8.00. The molecule has 2 aliphatic rings. The van der Waals surface area contributed by atoms with E-state index in [0.717, 1.165) is 4.90 Å². The Hall–Kier alpha value is -1.58. The number of hydrogen-bond donors (Lipinski definition) is 3. The summed E-state index contributed by atoms with van der Waals surface area (Å²) >= 11 is 1.30. The summed E-state index contributed by atoms with van der Waals surface area (Å²) in [4.78, 5) is 34.8. The van der Waals surface area contributed by atoms with Crippen LogP contribution in [0, 0.1) is 0 Å². The summed E-state index contributed by atoms with van der Waals surface area (Å²) in [5, 5.41) is 17.6. The van der Waals surface area contributed by atoms with Crippen LogP contribution in [0.1, 0.15) is 6.92 Å². The quantitative estimate of drug-likeness (QED) is 0.348. The van der Waals surface area contributed by atoms with Crippen molar-refractivity contribution in [3.63, 3.8) is 0 Å². The summed E-state index contributed by atoms with van der Waals surface area (Å²) in [6.07, 6.45) is 0. The third kappa shape index (κ3) is 2.31. The number of β-lactam (4-membered cyclic amide) rings is 1. The average molecular weight is 288 g/mol. The fourth-order valence-electron chi connectivity index (χ4n) is 1.97. The lowest BCUT2D eigenvalue weighted by molar-refractivity contribution is -0.153. The van der Waals surface area contributed by atoms with Crippen molar-refractivity contribution in [1.82, 2.24) is 10.4 Å². The maximum atomic E-state index is 11.7. The van der Waals surface area contributed by atoms with Crippen LogP contribution in [0.3, 0.4) is 0 Å². The third-order valence-corrected chi connectivity index (χ3v) is 4.18. The predicted molar refractivity (Wildman–Crippen MR) is 63.1 cm³/mol. The molecule has 0 unspecified atom stereocenters. The van der Waals surface area contributed by atoms with Gasteiger partial charge in [0, 0.05) is 18.2 Å². The van der Waals surface area contributed by atoms with Gasteiger partial charge in [-0.2, -0.15) is 5.48 Å². The molecule has 2 rings (SSSR count). The second-order valence-electron chi connectivity index (χ2n) is 4.05. The lowest BCUT2D eigenvalue weighted by Crippen LogP contribution is -2.69. The lowest BCUT2D eigenvalue weighted by atomic mass is 10.0. The second kappa shape index (κ2) is 5.19. The molecular formula is C10H12N2O6S. The fraction of sp³-hybridized carbons (Fsp3) is 0.500. The predicted octanol–water partition coefficient (Wildman–Crippen LogP) is -0.849. The number of rotatable bonds is 4. The molecule has 0 aliphatic carbocycles. The number of ether oxygens (including phenoxy) is 1. The minimum absolute atomic E-state index is 0.155. The smallest absolute Gasteiger partial charge is 0.352 e. The standard InChI is InChI=1S/C10H12N2O6S/c1-4(13)18-2-5-3-19-9-6(11-17)8(14)12(9)7(5)10(15)16/h6,9,11,17H,2-3H2,1H3,(H,15,16)/t6-,9-/m1/s1. The van der Waals surface area contributed by atoms with Crippen molar-refractivity contribution in [1.29, 1.82) is 0 Å². The van der Waals surface area contributed by atoms with Gasteiger partial charge in [0.2, 0.25) is 0 Å². The summed E-state index contributed by atoms with van der Waals surface area (Å²) in [7, 11) is 0. The molecule has 1 fully saturated rings. The molecule has 1 saturated heterocycles. The molecule has 0 bridgehead atoms. The van der Waals surface area contributed by atoms with E-state index in [9.17, 15) is 19.5 Å². The highest BCUT2D eigenvalue weighted by Gasteiger charge is 2.53. The number of thioether (sulfide) groups is 1. The van der Waals surface area contributed by atoms with Crippen LogP contribution < -0.4 is 5.48 Å². The first kappa shape index (κ1) is 13.8. The zero-order valence-electron chi connectivity index (χ0n) is 9.95. The van der Waals surface area contributed by atoms with Crippen LogP contribution in [0.5, 0.6) is 0 Å². The van der Waals surface area contributed by atoms with Gasteiger partial charge in [0.15, 0.2) is 0 Å². The van der Waals surface area contributed by atoms with Gasteiger partial charge in [0.05, 0.1) is 0 Å². The number of hydroxylamine groups is 1. The number of nitrogens with zero attached hydrogens (tertiary/aromatic N) is 1. The van der Waals surface area contributed by atoms with E-state index in [1.807, 2.05) is 5.48 Å². The van der Waals surface area contributed by atoms with Gasteiger partial charge in [-0.25, -0.2) is 4.79 Å². The van der Waals surface area contributed by atoms with Gasteiger partial charge in [-0.1, -0.05) is 0 Å². The van der Waals surface area contributed by atoms with Crippen LogP contribution in [0.4, 0.5) is 0 Å². The van der Waals surface area contributed by atoms with Crippen LogP contribution in [-0.4, -0.2) is 56.8 Å². The van der Waals surface area contributed by atoms with Gasteiger partial charge < -0.3 is 15.1 Å². The van der Waals surface area contributed by atoms with E-state index in [-0.39, 0.29) is 12.3 Å². The normalized spacial score (nSPS) is 25.8. The number of aliphatic carboxylic acids is 1. The molecule has 8 nitrogen and oxygen atoms in total. The van der Waals surface area contributed by atoms with Crippen molar-refractivity contribution in [2.75, 3.05) is 12.4 Å². The van der Waals surface area contributed by atoms with Gasteiger partial charge in [0.25, 0.3) is 5.91 Å². The zero-order valence-corrected chi connectivity index (χ0v) is 10.8. The highest BCUT2D eigenvalue weighted by Crippen LogP contribution is 2.40. The topological polar surface area (TPSA) is 116 Å². The number of carbonyl (C=O) groups is 3. The monoisotopic (exact) mass is 288 g/mol. The zero-order chi connectivity index (χ0) is 14.2. The first-order valence-electron chi connectivity index (χ1n) is 5.40. The van der Waals surface area contributed by atoms with Gasteiger partial charge in [-0.05, 0) is 0 Å². The Balaban J connectivity index is 2.25. The maximum Gasteiger partial charge on any atom is 0.352 e. The van der Waals surface area contributed by atoms with Crippen molar-refractivity contribution in [3.05, 3.63) is 11.3 Å². The van der Waals surface area contributed by atoms with Gasteiger partial charge in [-0.3, -0.25) is 14.5 Å². The number of carboxylic acid groups (broad SMARTS) is 1. The van der Waals surface area contributed by atoms with Crippen LogP contribution in [0.2, 0.25) is 0 Å². The van der Waals surface area contributed by atoms with Crippen molar-refractivity contribution < 1.29 is 29.4 Å². The van der Waals surface area contributed by atoms with Crippen LogP contribution in [0.25, 0.3) is 0 Å². The molecule has 0 radical (unpaired) electrons. The minimum atomic E-state index is -1.25. The van der Waals surface area contributed by atoms with Gasteiger partial charge >= 0.3 is 11.9 Å². The molecule has 9 heteroatoms. The van der Waals surface area contributed by atoms with Crippen LogP contribution >= 0.6 is 11.8 Å². The number of carboxylic acids is 1. The Labute approximate surface area is 112 Å². The number of hydrogen-bond acceptors (Lipinski definition) is 7. The van der Waals surface area contributed by atoms with Gasteiger partial charge in [0.1, 0.15) is 23.7 Å². The minimum Gasteiger partial charge on any atom is -0.477 e. The summed E-state index contributed by atoms with van der Waals surface area (Å²) in [5.74, 6) is -1.97. The van der Waals surface area contributed by atoms with E-state index in [0.29, 0.717) is 11.3 Å². The van der Waals surface area contributed by atoms with E-state index in [1.165, 1.54) is 18.7 Å². The molecule has 0 aromatic carbocycles. The molecule has 2 heterocycles. The highest BCUT2D eigenvalue weighted by atomic mass is 32.2. The number of amides is 1. The Kier molecular flexibility index (Phi) is 3.78. The summed E-state index contributed by atoms with van der Waals surface area (Å²) in [6, 6.07) is -0.797. The molecule has 3 N–H and O–H groups in total. The lowest BCUT2D eigenvalue weighted by Gasteiger charge is -2.48. The third-order valence-electron chi connectivity index (χ3n) is 2.84. The van der Waals surface area contributed by atoms with E-state index < -0.39 is 29.3 Å². The number of fused-ring (bicyclic) bond motifs is 1. The van der Waals surface area contributed by atoms with Crippen LogP contribution in [0.15, 0.2) is 11.3 Å². The fourth-order valence-corrected chi connectivity index (χ4v) is 3.29. The van der Waals surface area contributed by atoms with Crippen LogP contribution in [-0.2, 0) is 19.1 Å². The largest absolute Gasteiger partial charge is 0.477 e. The molecule has 2 atom stereocenters. The van der Waals surface area contributed by atoms with E-state index in [2.05, 4.69) is 0 Å². The molecular weight excluding hydrogens is 276 g/mol.